The summed E-state index contributed by atoms with van der Waals surface area (Å²) in [4.78, 5) is 0. The van der Waals surface area contributed by atoms with Crippen LogP contribution in [0.2, 0.25) is 0 Å². The molecule has 0 bridgehead atoms. The van der Waals surface area contributed by atoms with Crippen LogP contribution in [0.1, 0.15) is 12.8 Å². The Bertz CT molecular complexity index is 167. The first-order valence-corrected chi connectivity index (χ1v) is 4.00. The largest absolute Gasteiger partial charge is 0.276 e. The summed E-state index contributed by atoms with van der Waals surface area (Å²) in [5.41, 5.74) is 0. The minimum absolute atomic E-state index is 0.854. The molecule has 2 aliphatic heterocycles. The van der Waals surface area contributed by atoms with Gasteiger partial charge in [-0.05, 0) is 0 Å². The number of hydrogen-bond donors (Lipinski definition) is 0. The van der Waals surface area contributed by atoms with E-state index in [-0.39, 0.29) is 0 Å². The zero-order chi connectivity index (χ0) is 7.52. The van der Waals surface area contributed by atoms with Gasteiger partial charge >= 0.3 is 0 Å². The van der Waals surface area contributed by atoms with Crippen LogP contribution in [0.3, 0.4) is 0 Å². The van der Waals surface area contributed by atoms with Gasteiger partial charge in [0, 0.05) is 38.4 Å². The number of rotatable bonds is 2. The van der Waals surface area contributed by atoms with Crippen molar-refractivity contribution in [3.63, 3.8) is 0 Å². The molecular formula is C7H12N4. The lowest BCUT2D eigenvalue weighted by Crippen LogP contribution is -2.28. The average Bonchev–Trinajstić information content (AvgIpc) is 2.60. The van der Waals surface area contributed by atoms with E-state index >= 15 is 0 Å². The van der Waals surface area contributed by atoms with Crippen molar-refractivity contribution in [3.05, 3.63) is 0 Å². The van der Waals surface area contributed by atoms with E-state index in [1.807, 2.05) is 22.4 Å². The summed E-state index contributed by atoms with van der Waals surface area (Å²) >= 11 is 0. The van der Waals surface area contributed by atoms with E-state index in [0.29, 0.717) is 0 Å². The van der Waals surface area contributed by atoms with Crippen LogP contribution < -0.4 is 0 Å². The van der Waals surface area contributed by atoms with Crippen molar-refractivity contribution < 1.29 is 0 Å². The first-order valence-electron chi connectivity index (χ1n) is 4.00. The summed E-state index contributed by atoms with van der Waals surface area (Å²) < 4.78 is 0. The number of hydrazone groups is 2. The molecule has 0 unspecified atom stereocenters. The van der Waals surface area contributed by atoms with E-state index in [4.69, 9.17) is 0 Å². The lowest BCUT2D eigenvalue weighted by atomic mass is 10.5. The van der Waals surface area contributed by atoms with Gasteiger partial charge in [-0.25, -0.2) is 0 Å². The summed E-state index contributed by atoms with van der Waals surface area (Å²) in [5, 5.41) is 12.5. The molecule has 4 heteroatoms. The van der Waals surface area contributed by atoms with Crippen molar-refractivity contribution in [3.8, 4) is 0 Å². The van der Waals surface area contributed by atoms with Crippen LogP contribution in [-0.2, 0) is 0 Å². The smallest absolute Gasteiger partial charge is 0.123 e. The summed E-state index contributed by atoms with van der Waals surface area (Å²) in [6.45, 7) is 2.95. The van der Waals surface area contributed by atoms with Crippen LogP contribution in [-0.4, -0.2) is 42.2 Å². The lowest BCUT2D eigenvalue weighted by Gasteiger charge is -2.20. The third-order valence-electron chi connectivity index (χ3n) is 1.85. The molecule has 0 fully saturated rings. The first-order chi connectivity index (χ1) is 5.45. The average molecular weight is 152 g/mol. The molecule has 2 heterocycles. The Morgan fingerprint density at radius 2 is 1.55 bits per heavy atom. The third kappa shape index (κ3) is 1.50. The van der Waals surface area contributed by atoms with Crippen molar-refractivity contribution in [2.24, 2.45) is 10.2 Å². The quantitative estimate of drug-likeness (QED) is 0.571. The molecule has 0 aromatic carbocycles. The molecule has 2 rings (SSSR count). The van der Waals surface area contributed by atoms with Gasteiger partial charge in [0.2, 0.25) is 0 Å². The van der Waals surface area contributed by atoms with Crippen LogP contribution in [0, 0.1) is 0 Å². The van der Waals surface area contributed by atoms with Crippen molar-refractivity contribution in [2.45, 2.75) is 12.8 Å². The topological polar surface area (TPSA) is 31.2 Å². The van der Waals surface area contributed by atoms with Crippen LogP contribution in [0.25, 0.3) is 0 Å². The van der Waals surface area contributed by atoms with Crippen molar-refractivity contribution in [1.29, 1.82) is 0 Å². The van der Waals surface area contributed by atoms with Gasteiger partial charge in [0.25, 0.3) is 0 Å². The van der Waals surface area contributed by atoms with Crippen LogP contribution in [0.5, 0.6) is 0 Å². The molecule has 0 aromatic heterocycles. The Morgan fingerprint density at radius 1 is 1.00 bits per heavy atom. The third-order valence-corrected chi connectivity index (χ3v) is 1.85. The van der Waals surface area contributed by atoms with Crippen molar-refractivity contribution >= 4 is 12.4 Å². The molecule has 0 aliphatic carbocycles. The molecular weight excluding hydrogens is 140 g/mol. The van der Waals surface area contributed by atoms with E-state index in [0.717, 1.165) is 32.6 Å². The Labute approximate surface area is 66.2 Å². The predicted molar refractivity (Wildman–Crippen MR) is 44.5 cm³/mol. The van der Waals surface area contributed by atoms with Gasteiger partial charge in [-0.2, -0.15) is 10.2 Å². The predicted octanol–water partition coefficient (Wildman–Crippen LogP) is 0.327. The van der Waals surface area contributed by atoms with Crippen molar-refractivity contribution in [1.82, 2.24) is 10.0 Å². The Kier molecular flexibility index (Phi) is 1.75. The van der Waals surface area contributed by atoms with Gasteiger partial charge in [-0.3, -0.25) is 10.0 Å². The minimum Gasteiger partial charge on any atom is -0.276 e. The maximum atomic E-state index is 4.19. The van der Waals surface area contributed by atoms with Crippen LogP contribution in [0.4, 0.5) is 0 Å². The monoisotopic (exact) mass is 152 g/mol. The zero-order valence-electron chi connectivity index (χ0n) is 6.48. The Hall–Kier alpha value is -1.06. The first kappa shape index (κ1) is 6.64. The minimum atomic E-state index is 0.854. The molecule has 2 aliphatic rings. The molecule has 0 N–H and O–H groups in total. The second-order valence-electron chi connectivity index (χ2n) is 2.77. The second-order valence-corrected chi connectivity index (χ2v) is 2.77. The highest BCUT2D eigenvalue weighted by Gasteiger charge is 2.11. The van der Waals surface area contributed by atoms with Crippen LogP contribution in [0.15, 0.2) is 10.2 Å². The van der Waals surface area contributed by atoms with E-state index in [1.54, 1.807) is 0 Å². The fourth-order valence-electron chi connectivity index (χ4n) is 1.28. The maximum Gasteiger partial charge on any atom is 0.123 e. The molecule has 0 aromatic rings. The highest BCUT2D eigenvalue weighted by atomic mass is 15.6. The lowest BCUT2D eigenvalue weighted by molar-refractivity contribution is 0.162. The van der Waals surface area contributed by atoms with Gasteiger partial charge in [0.1, 0.15) is 6.67 Å². The molecule has 0 saturated heterocycles. The standard InChI is InChI=1S/C7H12N4/c1-3-8-10(5-1)7-11-6-2-4-9-11/h3-4H,1-2,5-7H2. The SMILES string of the molecule is C1=NN(CN2CCC=N2)CC1. The van der Waals surface area contributed by atoms with E-state index in [1.165, 1.54) is 0 Å². The summed E-state index contributed by atoms with van der Waals surface area (Å²) in [7, 11) is 0. The molecule has 0 saturated carbocycles. The Balaban J connectivity index is 1.80. The second kappa shape index (κ2) is 2.90. The highest BCUT2D eigenvalue weighted by Crippen LogP contribution is 2.05. The fourth-order valence-corrected chi connectivity index (χ4v) is 1.28. The highest BCUT2D eigenvalue weighted by molar-refractivity contribution is 5.59. The van der Waals surface area contributed by atoms with Crippen LogP contribution >= 0.6 is 0 Å². The molecule has 11 heavy (non-hydrogen) atoms. The van der Waals surface area contributed by atoms with Crippen molar-refractivity contribution in [2.75, 3.05) is 19.8 Å². The summed E-state index contributed by atoms with van der Waals surface area (Å²) in [5.74, 6) is 0. The van der Waals surface area contributed by atoms with Gasteiger partial charge < -0.3 is 0 Å². The molecule has 0 atom stereocenters. The van der Waals surface area contributed by atoms with Gasteiger partial charge in [0.05, 0.1) is 0 Å². The fraction of sp³-hybridized carbons (Fsp3) is 0.714. The summed E-state index contributed by atoms with van der Waals surface area (Å²) in [6.07, 6.45) is 6.08. The normalized spacial score (nSPS) is 22.2. The van der Waals surface area contributed by atoms with E-state index in [9.17, 15) is 0 Å². The maximum absolute atomic E-state index is 4.19. The molecule has 0 radical (unpaired) electrons. The number of hydrogen-bond acceptors (Lipinski definition) is 4. The zero-order valence-corrected chi connectivity index (χ0v) is 6.48. The molecule has 0 spiro atoms. The summed E-state index contributed by atoms with van der Waals surface area (Å²) in [6, 6.07) is 0. The van der Waals surface area contributed by atoms with Gasteiger partial charge in [-0.1, -0.05) is 0 Å². The van der Waals surface area contributed by atoms with E-state index < -0.39 is 0 Å². The number of nitrogens with zero attached hydrogens (tertiary/aromatic N) is 4. The molecule has 60 valence electrons. The Morgan fingerprint density at radius 3 is 1.91 bits per heavy atom. The molecule has 4 nitrogen and oxygen atoms in total. The van der Waals surface area contributed by atoms with Gasteiger partial charge in [-0.15, -0.1) is 0 Å². The van der Waals surface area contributed by atoms with E-state index in [2.05, 4.69) is 10.2 Å². The van der Waals surface area contributed by atoms with Gasteiger partial charge in [0.15, 0.2) is 0 Å². The molecule has 0 amide bonds.